The van der Waals surface area contributed by atoms with E-state index in [1.165, 1.54) is 12.0 Å². The molecular weight excluding hydrogens is 300 g/mol. The zero-order valence-electron chi connectivity index (χ0n) is 14.1. The van der Waals surface area contributed by atoms with Crippen LogP contribution in [-0.4, -0.2) is 33.5 Å². The molecule has 0 bridgehead atoms. The van der Waals surface area contributed by atoms with Gasteiger partial charge in [-0.3, -0.25) is 0 Å². The third-order valence-corrected chi connectivity index (χ3v) is 4.46. The van der Waals surface area contributed by atoms with E-state index >= 15 is 0 Å². The zero-order valence-corrected chi connectivity index (χ0v) is 14.1. The number of aromatic nitrogens is 2. The maximum absolute atomic E-state index is 12.6. The highest BCUT2D eigenvalue weighted by Crippen LogP contribution is 2.21. The number of nitrogens with one attached hydrogen (secondary N) is 1. The predicted molar refractivity (Wildman–Crippen MR) is 93.5 cm³/mol. The van der Waals surface area contributed by atoms with Crippen LogP contribution < -0.4 is 5.32 Å². The van der Waals surface area contributed by atoms with Crippen molar-refractivity contribution in [1.29, 1.82) is 0 Å². The molecule has 0 aliphatic carbocycles. The summed E-state index contributed by atoms with van der Waals surface area (Å²) in [6.45, 7) is 3.12. The molecule has 1 fully saturated rings. The van der Waals surface area contributed by atoms with Gasteiger partial charge in [-0.05, 0) is 44.2 Å². The van der Waals surface area contributed by atoms with Crippen molar-refractivity contribution in [3.8, 4) is 0 Å². The van der Waals surface area contributed by atoms with E-state index < -0.39 is 0 Å². The Morgan fingerprint density at radius 2 is 2.08 bits per heavy atom. The minimum absolute atomic E-state index is 0.00639. The largest absolute Gasteiger partial charge is 0.332 e. The molecule has 2 heterocycles. The first-order valence-electron chi connectivity index (χ1n) is 8.59. The van der Waals surface area contributed by atoms with Gasteiger partial charge in [-0.1, -0.05) is 30.3 Å². The average molecular weight is 324 g/mol. The number of urea groups is 1. The predicted octanol–water partition coefficient (Wildman–Crippen LogP) is 3.09. The van der Waals surface area contributed by atoms with E-state index in [-0.39, 0.29) is 12.1 Å². The van der Waals surface area contributed by atoms with Crippen LogP contribution in [0.5, 0.6) is 0 Å². The summed E-state index contributed by atoms with van der Waals surface area (Å²) in [5.41, 5.74) is 2.13. The number of carbonyl (C=O) groups is 1. The van der Waals surface area contributed by atoms with Gasteiger partial charge in [0.1, 0.15) is 5.82 Å². The molecule has 126 valence electrons. The quantitative estimate of drug-likeness (QED) is 0.940. The summed E-state index contributed by atoms with van der Waals surface area (Å²) in [5, 5.41) is 3.01. The Bertz CT molecular complexity index is 674. The molecule has 24 heavy (non-hydrogen) atoms. The molecule has 2 amide bonds. The summed E-state index contributed by atoms with van der Waals surface area (Å²) in [6, 6.07) is 12.5. The van der Waals surface area contributed by atoms with Gasteiger partial charge in [-0.15, -0.1) is 0 Å². The van der Waals surface area contributed by atoms with Gasteiger partial charge in [0.05, 0.1) is 12.2 Å². The first-order valence-corrected chi connectivity index (χ1v) is 8.59. The fourth-order valence-electron chi connectivity index (χ4n) is 3.24. The van der Waals surface area contributed by atoms with Crippen molar-refractivity contribution in [3.05, 3.63) is 59.7 Å². The number of hydrogen-bond acceptors (Lipinski definition) is 3. The van der Waals surface area contributed by atoms with E-state index in [4.69, 9.17) is 0 Å². The molecule has 1 atom stereocenters. The van der Waals surface area contributed by atoms with E-state index in [0.717, 1.165) is 37.3 Å². The zero-order chi connectivity index (χ0) is 16.8. The number of rotatable bonds is 4. The van der Waals surface area contributed by atoms with Crippen LogP contribution >= 0.6 is 0 Å². The third-order valence-electron chi connectivity index (χ3n) is 4.46. The van der Waals surface area contributed by atoms with Crippen molar-refractivity contribution >= 4 is 6.03 Å². The number of aryl methyl sites for hydroxylation is 1. The molecule has 5 heteroatoms. The van der Waals surface area contributed by atoms with Crippen molar-refractivity contribution in [2.45, 2.75) is 45.2 Å². The van der Waals surface area contributed by atoms with E-state index in [2.05, 4.69) is 39.6 Å². The van der Waals surface area contributed by atoms with Crippen LogP contribution in [0.4, 0.5) is 4.79 Å². The molecule has 1 N–H and O–H groups in total. The van der Waals surface area contributed by atoms with Gasteiger partial charge in [0.15, 0.2) is 0 Å². The van der Waals surface area contributed by atoms with Gasteiger partial charge in [0, 0.05) is 18.8 Å². The first kappa shape index (κ1) is 16.4. The lowest BCUT2D eigenvalue weighted by Crippen LogP contribution is -2.49. The third kappa shape index (κ3) is 4.31. The van der Waals surface area contributed by atoms with E-state index in [1.807, 2.05) is 24.0 Å². The topological polar surface area (TPSA) is 58.1 Å². The second-order valence-corrected chi connectivity index (χ2v) is 6.29. The van der Waals surface area contributed by atoms with Crippen molar-refractivity contribution < 1.29 is 4.79 Å². The van der Waals surface area contributed by atoms with Gasteiger partial charge in [0.25, 0.3) is 0 Å². The van der Waals surface area contributed by atoms with Gasteiger partial charge >= 0.3 is 6.03 Å². The van der Waals surface area contributed by atoms with Crippen LogP contribution in [0.1, 0.15) is 36.3 Å². The number of benzene rings is 1. The van der Waals surface area contributed by atoms with Crippen LogP contribution in [0.15, 0.2) is 42.6 Å². The van der Waals surface area contributed by atoms with Gasteiger partial charge < -0.3 is 10.2 Å². The highest BCUT2D eigenvalue weighted by atomic mass is 16.2. The Hall–Kier alpha value is -2.43. The van der Waals surface area contributed by atoms with Gasteiger partial charge in [0.2, 0.25) is 0 Å². The lowest BCUT2D eigenvalue weighted by atomic mass is 9.96. The van der Waals surface area contributed by atoms with E-state index in [9.17, 15) is 4.79 Å². The summed E-state index contributed by atoms with van der Waals surface area (Å²) >= 11 is 0. The molecule has 1 aromatic heterocycles. The lowest BCUT2D eigenvalue weighted by molar-refractivity contribution is 0.150. The normalized spacial score (nSPS) is 17.5. The summed E-state index contributed by atoms with van der Waals surface area (Å²) in [5.74, 6) is 0.724. The van der Waals surface area contributed by atoms with Crippen molar-refractivity contribution in [1.82, 2.24) is 20.2 Å². The average Bonchev–Trinajstić information content (AvgIpc) is 2.61. The molecule has 0 saturated carbocycles. The highest BCUT2D eigenvalue weighted by Gasteiger charge is 2.26. The SMILES string of the molecule is Cc1nccc(CNC(=O)N2CCCCC2Cc2ccccc2)n1. The molecule has 1 unspecified atom stereocenters. The molecular formula is C19H24N4O. The van der Waals surface area contributed by atoms with Crippen molar-refractivity contribution in [2.24, 2.45) is 0 Å². The molecule has 1 aliphatic heterocycles. The smallest absolute Gasteiger partial charge is 0.317 e. The number of carbonyl (C=O) groups excluding carboxylic acids is 1. The van der Waals surface area contributed by atoms with Crippen LogP contribution in [0, 0.1) is 6.92 Å². The second kappa shape index (κ2) is 7.90. The number of hydrogen-bond donors (Lipinski definition) is 1. The van der Waals surface area contributed by atoms with Gasteiger partial charge in [-0.25, -0.2) is 14.8 Å². The summed E-state index contributed by atoms with van der Waals surface area (Å²) < 4.78 is 0. The fourth-order valence-corrected chi connectivity index (χ4v) is 3.24. The standard InChI is InChI=1S/C19H24N4O/c1-15-20-11-10-17(22-15)14-21-19(24)23-12-6-5-9-18(23)13-16-7-3-2-4-8-16/h2-4,7-8,10-11,18H,5-6,9,12-14H2,1H3,(H,21,24). The van der Waals surface area contributed by atoms with Crippen LogP contribution in [0.25, 0.3) is 0 Å². The Morgan fingerprint density at radius 1 is 1.25 bits per heavy atom. The second-order valence-electron chi connectivity index (χ2n) is 6.29. The number of likely N-dealkylation sites (tertiary alicyclic amines) is 1. The Balaban J connectivity index is 1.60. The molecule has 2 aromatic rings. The van der Waals surface area contributed by atoms with Crippen molar-refractivity contribution in [3.63, 3.8) is 0 Å². The van der Waals surface area contributed by atoms with E-state index in [0.29, 0.717) is 6.54 Å². The summed E-state index contributed by atoms with van der Waals surface area (Å²) in [7, 11) is 0. The Labute approximate surface area is 143 Å². The molecule has 0 spiro atoms. The minimum atomic E-state index is 0.00639. The van der Waals surface area contributed by atoms with Crippen LogP contribution in [-0.2, 0) is 13.0 Å². The Morgan fingerprint density at radius 3 is 2.88 bits per heavy atom. The Kier molecular flexibility index (Phi) is 5.41. The fraction of sp³-hybridized carbons (Fsp3) is 0.421. The van der Waals surface area contributed by atoms with Gasteiger partial charge in [-0.2, -0.15) is 0 Å². The molecule has 1 saturated heterocycles. The molecule has 0 radical (unpaired) electrons. The van der Waals surface area contributed by atoms with Crippen molar-refractivity contribution in [2.75, 3.05) is 6.54 Å². The maximum atomic E-state index is 12.6. The molecule has 5 nitrogen and oxygen atoms in total. The summed E-state index contributed by atoms with van der Waals surface area (Å²) in [6.07, 6.45) is 5.97. The lowest BCUT2D eigenvalue weighted by Gasteiger charge is -2.36. The number of amides is 2. The molecule has 1 aromatic carbocycles. The molecule has 1 aliphatic rings. The highest BCUT2D eigenvalue weighted by molar-refractivity contribution is 5.74. The number of nitrogens with zero attached hydrogens (tertiary/aromatic N) is 3. The monoisotopic (exact) mass is 324 g/mol. The molecule has 3 rings (SSSR count). The number of piperidine rings is 1. The van der Waals surface area contributed by atoms with Crippen LogP contribution in [0.2, 0.25) is 0 Å². The maximum Gasteiger partial charge on any atom is 0.317 e. The summed E-state index contributed by atoms with van der Waals surface area (Å²) in [4.78, 5) is 23.0. The van der Waals surface area contributed by atoms with E-state index in [1.54, 1.807) is 6.20 Å². The first-order chi connectivity index (χ1) is 11.7. The minimum Gasteiger partial charge on any atom is -0.332 e. The van der Waals surface area contributed by atoms with Crippen LogP contribution in [0.3, 0.4) is 0 Å².